The van der Waals surface area contributed by atoms with Crippen molar-refractivity contribution in [3.8, 4) is 0 Å². The molecule has 1 aromatic rings. The van der Waals surface area contributed by atoms with E-state index in [9.17, 15) is 4.79 Å². The summed E-state index contributed by atoms with van der Waals surface area (Å²) in [6.45, 7) is 7.85. The van der Waals surface area contributed by atoms with E-state index in [1.807, 2.05) is 6.92 Å². The summed E-state index contributed by atoms with van der Waals surface area (Å²) in [5.74, 6) is 0.500. The molecule has 0 aliphatic carbocycles. The van der Waals surface area contributed by atoms with Gasteiger partial charge in [-0.25, -0.2) is 4.79 Å². The molecule has 22 heavy (non-hydrogen) atoms. The van der Waals surface area contributed by atoms with E-state index in [1.54, 1.807) is 41.2 Å². The molecule has 0 saturated heterocycles. The van der Waals surface area contributed by atoms with Crippen molar-refractivity contribution in [2.75, 3.05) is 19.5 Å². The molecule has 0 fully saturated rings. The van der Waals surface area contributed by atoms with Crippen molar-refractivity contribution in [1.82, 2.24) is 15.5 Å². The number of ether oxygens (including phenoxy) is 3. The number of rotatable bonds is 7. The number of amides is 1. The van der Waals surface area contributed by atoms with Crippen LogP contribution in [0.3, 0.4) is 0 Å². The van der Waals surface area contributed by atoms with Crippen LogP contribution in [-0.4, -0.2) is 48.4 Å². The van der Waals surface area contributed by atoms with Crippen LogP contribution >= 0.6 is 0 Å². The molecule has 1 rings (SSSR count). The molecular formula is C14H26N4O4. The van der Waals surface area contributed by atoms with Gasteiger partial charge in [-0.15, -0.1) is 0 Å². The molecule has 3 N–H and O–H groups in total. The molecule has 1 amide bonds. The predicted octanol–water partition coefficient (Wildman–Crippen LogP) is 1.85. The van der Waals surface area contributed by atoms with Gasteiger partial charge in [0.15, 0.2) is 6.29 Å². The van der Waals surface area contributed by atoms with Gasteiger partial charge in [-0.3, -0.25) is 10.4 Å². The molecule has 0 aliphatic heterocycles. The lowest BCUT2D eigenvalue weighted by molar-refractivity contribution is -0.119. The number of nitrogens with zero attached hydrogens (tertiary/aromatic N) is 1. The van der Waals surface area contributed by atoms with E-state index in [1.165, 1.54) is 0 Å². The van der Waals surface area contributed by atoms with E-state index in [0.717, 1.165) is 5.56 Å². The Balaban J connectivity index is 2.57. The molecule has 126 valence electrons. The Morgan fingerprint density at radius 3 is 2.55 bits per heavy atom. The van der Waals surface area contributed by atoms with Gasteiger partial charge >= 0.3 is 6.09 Å². The smallest absolute Gasteiger partial charge is 0.413 e. The first-order chi connectivity index (χ1) is 10.3. The summed E-state index contributed by atoms with van der Waals surface area (Å²) in [5.41, 5.74) is 0.255. The van der Waals surface area contributed by atoms with Crippen molar-refractivity contribution in [2.24, 2.45) is 0 Å². The highest BCUT2D eigenvalue weighted by molar-refractivity contribution is 5.84. The third-order valence-corrected chi connectivity index (χ3v) is 2.83. The average molecular weight is 314 g/mol. The van der Waals surface area contributed by atoms with E-state index < -0.39 is 11.7 Å². The molecule has 1 unspecified atom stereocenters. The van der Waals surface area contributed by atoms with Gasteiger partial charge in [-0.1, -0.05) is 0 Å². The predicted molar refractivity (Wildman–Crippen MR) is 82.6 cm³/mol. The lowest BCUT2D eigenvalue weighted by Gasteiger charge is -2.22. The second-order valence-corrected chi connectivity index (χ2v) is 5.91. The summed E-state index contributed by atoms with van der Waals surface area (Å²) < 4.78 is 15.6. The van der Waals surface area contributed by atoms with Crippen LogP contribution in [0.5, 0.6) is 0 Å². The third-order valence-electron chi connectivity index (χ3n) is 2.83. The molecular weight excluding hydrogens is 288 g/mol. The number of carbonyl (C=O) groups excluding carboxylic acids is 1. The van der Waals surface area contributed by atoms with Crippen LogP contribution < -0.4 is 10.6 Å². The first-order valence-electron chi connectivity index (χ1n) is 7.08. The average Bonchev–Trinajstić information content (AvgIpc) is 2.82. The van der Waals surface area contributed by atoms with Gasteiger partial charge in [0.1, 0.15) is 11.4 Å². The van der Waals surface area contributed by atoms with Crippen molar-refractivity contribution in [3.05, 3.63) is 11.8 Å². The maximum absolute atomic E-state index is 11.8. The molecule has 0 aromatic carbocycles. The van der Waals surface area contributed by atoms with Gasteiger partial charge in [0, 0.05) is 26.3 Å². The van der Waals surface area contributed by atoms with Crippen LogP contribution in [0.15, 0.2) is 6.20 Å². The van der Waals surface area contributed by atoms with E-state index in [2.05, 4.69) is 20.8 Å². The number of hydrogen-bond acceptors (Lipinski definition) is 6. The summed E-state index contributed by atoms with van der Waals surface area (Å²) >= 11 is 0. The zero-order chi connectivity index (χ0) is 16.8. The molecule has 1 heterocycles. The standard InChI is InChI=1S/C14H26N4O4/c1-9(12(20-5)21-6)15-7-10-8-16-18-11(10)17-13(19)22-14(2,3)4/h8-9,12,15H,7H2,1-6H3,(H2,16,17,18,19). The molecule has 0 aliphatic rings. The number of carbonyl (C=O) groups is 1. The second-order valence-electron chi connectivity index (χ2n) is 5.91. The summed E-state index contributed by atoms with van der Waals surface area (Å²) in [4.78, 5) is 11.8. The molecule has 0 bridgehead atoms. The number of aromatic amines is 1. The Hall–Kier alpha value is -1.64. The van der Waals surface area contributed by atoms with Crippen molar-refractivity contribution >= 4 is 11.9 Å². The van der Waals surface area contributed by atoms with Crippen LogP contribution in [-0.2, 0) is 20.8 Å². The summed E-state index contributed by atoms with van der Waals surface area (Å²) in [6.07, 6.45) is 0.757. The first kappa shape index (κ1) is 18.4. The Morgan fingerprint density at radius 1 is 1.36 bits per heavy atom. The minimum absolute atomic E-state index is 0.0284. The van der Waals surface area contributed by atoms with Crippen LogP contribution in [0.25, 0.3) is 0 Å². The highest BCUT2D eigenvalue weighted by atomic mass is 16.7. The lowest BCUT2D eigenvalue weighted by atomic mass is 10.2. The molecule has 8 nitrogen and oxygen atoms in total. The van der Waals surface area contributed by atoms with Gasteiger partial charge < -0.3 is 19.5 Å². The number of aromatic nitrogens is 2. The van der Waals surface area contributed by atoms with Gasteiger partial charge in [-0.05, 0) is 27.7 Å². The zero-order valence-electron chi connectivity index (χ0n) is 14.0. The number of methoxy groups -OCH3 is 2. The number of anilines is 1. The Morgan fingerprint density at radius 2 is 2.00 bits per heavy atom. The van der Waals surface area contributed by atoms with Crippen LogP contribution in [0.1, 0.15) is 33.3 Å². The molecule has 0 saturated carbocycles. The SMILES string of the molecule is COC(OC)C(C)NCc1cn[nH]c1NC(=O)OC(C)(C)C. The largest absolute Gasteiger partial charge is 0.444 e. The molecule has 0 spiro atoms. The van der Waals surface area contributed by atoms with Crippen molar-refractivity contribution < 1.29 is 19.0 Å². The molecule has 8 heteroatoms. The van der Waals surface area contributed by atoms with Crippen molar-refractivity contribution in [3.63, 3.8) is 0 Å². The van der Waals surface area contributed by atoms with Crippen LogP contribution in [0.4, 0.5) is 10.6 Å². The first-order valence-corrected chi connectivity index (χ1v) is 7.08. The van der Waals surface area contributed by atoms with E-state index in [-0.39, 0.29) is 12.3 Å². The van der Waals surface area contributed by atoms with Gasteiger partial charge in [-0.2, -0.15) is 5.10 Å². The fraction of sp³-hybridized carbons (Fsp3) is 0.714. The summed E-state index contributed by atoms with van der Waals surface area (Å²) in [6, 6.07) is -0.0284. The minimum Gasteiger partial charge on any atom is -0.444 e. The Kier molecular flexibility index (Phi) is 6.79. The topological polar surface area (TPSA) is 97.5 Å². The maximum Gasteiger partial charge on any atom is 0.413 e. The van der Waals surface area contributed by atoms with Crippen LogP contribution in [0, 0.1) is 0 Å². The maximum atomic E-state index is 11.8. The lowest BCUT2D eigenvalue weighted by Crippen LogP contribution is -2.39. The Bertz CT molecular complexity index is 466. The van der Waals surface area contributed by atoms with E-state index >= 15 is 0 Å². The summed E-state index contributed by atoms with van der Waals surface area (Å²) in [7, 11) is 3.17. The van der Waals surface area contributed by atoms with Crippen molar-refractivity contribution in [1.29, 1.82) is 0 Å². The number of hydrogen-bond donors (Lipinski definition) is 3. The normalized spacial score (nSPS) is 13.2. The quantitative estimate of drug-likeness (QED) is 0.665. The minimum atomic E-state index is -0.554. The van der Waals surface area contributed by atoms with Gasteiger partial charge in [0.2, 0.25) is 0 Å². The van der Waals surface area contributed by atoms with E-state index in [0.29, 0.717) is 12.4 Å². The fourth-order valence-electron chi connectivity index (χ4n) is 1.83. The molecule has 1 atom stereocenters. The second kappa shape index (κ2) is 8.11. The highest BCUT2D eigenvalue weighted by Crippen LogP contribution is 2.14. The third kappa shape index (κ3) is 6.00. The van der Waals surface area contributed by atoms with E-state index in [4.69, 9.17) is 14.2 Å². The van der Waals surface area contributed by atoms with Crippen LogP contribution in [0.2, 0.25) is 0 Å². The number of H-pyrrole nitrogens is 1. The summed E-state index contributed by atoms with van der Waals surface area (Å²) in [5, 5.41) is 12.6. The van der Waals surface area contributed by atoms with Gasteiger partial charge in [0.05, 0.1) is 12.2 Å². The number of nitrogens with one attached hydrogen (secondary N) is 3. The van der Waals surface area contributed by atoms with Gasteiger partial charge in [0.25, 0.3) is 0 Å². The van der Waals surface area contributed by atoms with Crippen molar-refractivity contribution in [2.45, 2.75) is 52.2 Å². The Labute approximate surface area is 130 Å². The fourth-order valence-corrected chi connectivity index (χ4v) is 1.83. The monoisotopic (exact) mass is 314 g/mol. The molecule has 0 radical (unpaired) electrons. The highest BCUT2D eigenvalue weighted by Gasteiger charge is 2.19. The molecule has 1 aromatic heterocycles. The zero-order valence-corrected chi connectivity index (χ0v) is 14.0.